The minimum absolute atomic E-state index is 0.0567. The molecule has 0 unspecified atom stereocenters. The van der Waals surface area contributed by atoms with E-state index in [2.05, 4.69) is 22.5 Å². The minimum Gasteiger partial charge on any atom is -0.339 e. The molecule has 2 aromatic rings. The molecule has 28 heavy (non-hydrogen) atoms. The van der Waals surface area contributed by atoms with Crippen LogP contribution >= 0.6 is 11.6 Å². The number of halogens is 1. The van der Waals surface area contributed by atoms with E-state index in [9.17, 15) is 9.59 Å². The van der Waals surface area contributed by atoms with Gasteiger partial charge in [0.2, 0.25) is 0 Å². The van der Waals surface area contributed by atoms with Crippen LogP contribution in [0.2, 0.25) is 5.15 Å². The molecule has 1 aromatic carbocycles. The van der Waals surface area contributed by atoms with Gasteiger partial charge in [-0.15, -0.1) is 0 Å². The number of aromatic nitrogens is 1. The number of anilines is 1. The van der Waals surface area contributed by atoms with Gasteiger partial charge in [0, 0.05) is 37.1 Å². The molecule has 0 atom stereocenters. The predicted molar refractivity (Wildman–Crippen MR) is 111 cm³/mol. The van der Waals surface area contributed by atoms with E-state index in [1.54, 1.807) is 24.4 Å². The number of hydrogen-bond acceptors (Lipinski definition) is 3. The largest absolute Gasteiger partial charge is 0.339 e. The first-order chi connectivity index (χ1) is 13.4. The van der Waals surface area contributed by atoms with Gasteiger partial charge in [0.25, 0.3) is 5.91 Å². The van der Waals surface area contributed by atoms with Crippen LogP contribution in [-0.2, 0) is 6.54 Å². The van der Waals surface area contributed by atoms with E-state index in [1.807, 2.05) is 24.0 Å². The molecule has 0 saturated carbocycles. The van der Waals surface area contributed by atoms with Crippen molar-refractivity contribution < 1.29 is 9.59 Å². The molecule has 1 fully saturated rings. The molecule has 0 spiro atoms. The number of rotatable bonds is 4. The van der Waals surface area contributed by atoms with Gasteiger partial charge in [0.15, 0.2) is 0 Å². The van der Waals surface area contributed by atoms with Crippen LogP contribution in [0.1, 0.15) is 41.3 Å². The van der Waals surface area contributed by atoms with Gasteiger partial charge in [-0.3, -0.25) is 4.79 Å². The van der Waals surface area contributed by atoms with Gasteiger partial charge in [-0.2, -0.15) is 0 Å². The van der Waals surface area contributed by atoms with Gasteiger partial charge in [-0.1, -0.05) is 24.6 Å². The molecule has 1 aliphatic heterocycles. The summed E-state index contributed by atoms with van der Waals surface area (Å²) in [5.41, 5.74) is 3.04. The number of nitrogens with zero attached hydrogens (tertiary/aromatic N) is 2. The highest BCUT2D eigenvalue weighted by Gasteiger charge is 2.21. The van der Waals surface area contributed by atoms with Gasteiger partial charge in [0.1, 0.15) is 5.15 Å². The third-order valence-corrected chi connectivity index (χ3v) is 5.26. The topological polar surface area (TPSA) is 74.3 Å². The molecule has 3 amide bonds. The Bertz CT molecular complexity index is 846. The van der Waals surface area contributed by atoms with Gasteiger partial charge in [0.05, 0.1) is 0 Å². The van der Waals surface area contributed by atoms with E-state index in [1.165, 1.54) is 0 Å². The third-order valence-electron chi connectivity index (χ3n) is 5.03. The van der Waals surface area contributed by atoms with E-state index in [0.29, 0.717) is 28.9 Å². The quantitative estimate of drug-likeness (QED) is 0.754. The molecule has 0 bridgehead atoms. The number of nitrogens with one attached hydrogen (secondary N) is 2. The van der Waals surface area contributed by atoms with E-state index in [-0.39, 0.29) is 11.9 Å². The van der Waals surface area contributed by atoms with Crippen molar-refractivity contribution in [3.63, 3.8) is 0 Å². The second-order valence-electron chi connectivity index (χ2n) is 7.30. The van der Waals surface area contributed by atoms with Gasteiger partial charge >= 0.3 is 6.03 Å². The van der Waals surface area contributed by atoms with Crippen LogP contribution in [-0.4, -0.2) is 34.9 Å². The second-order valence-corrected chi connectivity index (χ2v) is 7.69. The molecule has 3 rings (SSSR count). The highest BCUT2D eigenvalue weighted by Crippen LogP contribution is 2.21. The Labute approximate surface area is 170 Å². The number of likely N-dealkylation sites (tertiary alicyclic amines) is 1. The fourth-order valence-electron chi connectivity index (χ4n) is 3.19. The molecule has 148 valence electrons. The van der Waals surface area contributed by atoms with Crippen molar-refractivity contribution in [1.82, 2.24) is 15.2 Å². The monoisotopic (exact) mass is 400 g/mol. The summed E-state index contributed by atoms with van der Waals surface area (Å²) in [6.07, 6.45) is 3.72. The maximum Gasteiger partial charge on any atom is 0.319 e. The summed E-state index contributed by atoms with van der Waals surface area (Å²) in [4.78, 5) is 30.7. The summed E-state index contributed by atoms with van der Waals surface area (Å²) in [5, 5.41) is 6.02. The lowest BCUT2D eigenvalue weighted by atomic mass is 9.98. The maximum atomic E-state index is 12.7. The smallest absolute Gasteiger partial charge is 0.319 e. The van der Waals surface area contributed by atoms with Crippen LogP contribution in [0.15, 0.2) is 36.5 Å². The number of carbonyl (C=O) groups excluding carboxylic acids is 2. The summed E-state index contributed by atoms with van der Waals surface area (Å²) in [6.45, 7) is 6.07. The van der Waals surface area contributed by atoms with Crippen LogP contribution in [0.3, 0.4) is 0 Å². The summed E-state index contributed by atoms with van der Waals surface area (Å²) in [5.74, 6) is 0.737. The summed E-state index contributed by atoms with van der Waals surface area (Å²) >= 11 is 5.75. The molecule has 0 aliphatic carbocycles. The lowest BCUT2D eigenvalue weighted by molar-refractivity contribution is 0.0697. The van der Waals surface area contributed by atoms with E-state index >= 15 is 0 Å². The van der Waals surface area contributed by atoms with Crippen LogP contribution in [0.4, 0.5) is 10.5 Å². The lowest BCUT2D eigenvalue weighted by Crippen LogP contribution is -2.37. The van der Waals surface area contributed by atoms with Crippen molar-refractivity contribution >= 4 is 29.2 Å². The summed E-state index contributed by atoms with van der Waals surface area (Å²) in [6, 6.07) is 8.55. The van der Waals surface area contributed by atoms with Crippen LogP contribution in [0, 0.1) is 12.8 Å². The molecular weight excluding hydrogens is 376 g/mol. The maximum absolute atomic E-state index is 12.7. The van der Waals surface area contributed by atoms with Crippen molar-refractivity contribution in [3.05, 3.63) is 58.4 Å². The van der Waals surface area contributed by atoms with Gasteiger partial charge < -0.3 is 15.5 Å². The highest BCUT2D eigenvalue weighted by atomic mass is 35.5. The predicted octanol–water partition coefficient (Wildman–Crippen LogP) is 4.24. The van der Waals surface area contributed by atoms with Crippen LogP contribution in [0.5, 0.6) is 0 Å². The standard InChI is InChI=1S/C21H25ClN4O2/c1-14-7-9-26(10-8-14)20(27)17-4-5-18(15(2)11-17)25-21(28)24-13-16-3-6-19(22)23-12-16/h3-6,11-12,14H,7-10,13H2,1-2H3,(H2,24,25,28). The first-order valence-corrected chi connectivity index (χ1v) is 9.85. The molecule has 1 aliphatic rings. The number of pyridine rings is 1. The summed E-state index contributed by atoms with van der Waals surface area (Å²) < 4.78 is 0. The fraction of sp³-hybridized carbons (Fsp3) is 0.381. The number of piperidine rings is 1. The molecule has 1 saturated heterocycles. The molecule has 2 heterocycles. The average molecular weight is 401 g/mol. The fourth-order valence-corrected chi connectivity index (χ4v) is 3.30. The highest BCUT2D eigenvalue weighted by molar-refractivity contribution is 6.29. The zero-order chi connectivity index (χ0) is 20.1. The molecule has 7 heteroatoms. The SMILES string of the molecule is Cc1cc(C(=O)N2CCC(C)CC2)ccc1NC(=O)NCc1ccc(Cl)nc1. The van der Waals surface area contributed by atoms with Gasteiger partial charge in [-0.25, -0.2) is 9.78 Å². The zero-order valence-corrected chi connectivity index (χ0v) is 16.9. The van der Waals surface area contributed by atoms with Crippen LogP contribution in [0.25, 0.3) is 0 Å². The molecule has 6 nitrogen and oxygen atoms in total. The first-order valence-electron chi connectivity index (χ1n) is 9.47. The van der Waals surface area contributed by atoms with Crippen LogP contribution < -0.4 is 10.6 Å². The Kier molecular flexibility index (Phi) is 6.52. The van der Waals surface area contributed by atoms with Crippen molar-refractivity contribution in [2.45, 2.75) is 33.2 Å². The Hall–Kier alpha value is -2.60. The van der Waals surface area contributed by atoms with Crippen molar-refractivity contribution in [2.75, 3.05) is 18.4 Å². The van der Waals surface area contributed by atoms with E-state index < -0.39 is 0 Å². The Morgan fingerprint density at radius 2 is 1.96 bits per heavy atom. The van der Waals surface area contributed by atoms with Gasteiger partial charge in [-0.05, 0) is 61.1 Å². The summed E-state index contributed by atoms with van der Waals surface area (Å²) in [7, 11) is 0. The Morgan fingerprint density at radius 1 is 1.21 bits per heavy atom. The average Bonchev–Trinajstić information content (AvgIpc) is 2.69. The first kappa shape index (κ1) is 20.1. The Balaban J connectivity index is 1.56. The Morgan fingerprint density at radius 3 is 2.61 bits per heavy atom. The number of urea groups is 1. The minimum atomic E-state index is -0.317. The third kappa shape index (κ3) is 5.23. The second kappa shape index (κ2) is 9.06. The van der Waals surface area contributed by atoms with Crippen molar-refractivity contribution in [2.24, 2.45) is 5.92 Å². The molecular formula is C21H25ClN4O2. The number of benzene rings is 1. The molecule has 2 N–H and O–H groups in total. The molecule has 1 aromatic heterocycles. The van der Waals surface area contributed by atoms with Crippen molar-refractivity contribution in [3.8, 4) is 0 Å². The number of amides is 3. The number of carbonyl (C=O) groups is 2. The lowest BCUT2D eigenvalue weighted by Gasteiger charge is -2.30. The number of aryl methyl sites for hydroxylation is 1. The van der Waals surface area contributed by atoms with Crippen molar-refractivity contribution in [1.29, 1.82) is 0 Å². The zero-order valence-electron chi connectivity index (χ0n) is 16.2. The van der Waals surface area contributed by atoms with E-state index in [0.717, 1.165) is 37.1 Å². The number of hydrogen-bond donors (Lipinski definition) is 2. The van der Waals surface area contributed by atoms with E-state index in [4.69, 9.17) is 11.6 Å². The normalized spacial score (nSPS) is 14.6. The molecule has 0 radical (unpaired) electrons.